The Morgan fingerprint density at radius 3 is 1.91 bits per heavy atom. The third kappa shape index (κ3) is 2.61. The maximum atomic E-state index is 5.17. The van der Waals surface area contributed by atoms with Crippen molar-refractivity contribution in [2.45, 2.75) is 12.5 Å². The van der Waals surface area contributed by atoms with Gasteiger partial charge in [-0.1, -0.05) is 17.1 Å². The van der Waals surface area contributed by atoms with Gasteiger partial charge in [-0.25, -0.2) is 0 Å². The fraction of sp³-hybridized carbons (Fsp3) is 0.200. The van der Waals surface area contributed by atoms with Crippen molar-refractivity contribution in [3.05, 3.63) is 36.8 Å². The van der Waals surface area contributed by atoms with E-state index in [9.17, 15) is 0 Å². The second kappa shape index (κ2) is 4.76. The zero-order chi connectivity index (χ0) is 8.74. The minimum Gasteiger partial charge on any atom is -0.120 e. The van der Waals surface area contributed by atoms with Crippen LogP contribution in [0, 0.1) is 12.3 Å². The van der Waals surface area contributed by atoms with E-state index >= 15 is 0 Å². The molecule has 0 fully saturated rings. The summed E-state index contributed by atoms with van der Waals surface area (Å²) in [6.45, 7) is 11.3. The number of terminal acetylenes is 1. The fourth-order valence-electron chi connectivity index (χ4n) is 0.845. The van der Waals surface area contributed by atoms with E-state index in [1.165, 1.54) is 0 Å². The highest BCUT2D eigenvalue weighted by Crippen LogP contribution is 2.15. The highest BCUT2D eigenvalue weighted by molar-refractivity contribution is 6.93. The topological polar surface area (TPSA) is 0 Å². The maximum Gasteiger partial charge on any atom is 0.125 e. The minimum atomic E-state index is -1.59. The van der Waals surface area contributed by atoms with Crippen LogP contribution in [0.4, 0.5) is 0 Å². The Bertz CT molecular complexity index is 174. The van der Waals surface area contributed by atoms with E-state index in [1.807, 2.05) is 17.1 Å². The van der Waals surface area contributed by atoms with Gasteiger partial charge in [0.2, 0.25) is 0 Å². The molecule has 0 spiro atoms. The van der Waals surface area contributed by atoms with Crippen molar-refractivity contribution >= 4 is 8.07 Å². The van der Waals surface area contributed by atoms with E-state index in [1.54, 1.807) is 0 Å². The lowest BCUT2D eigenvalue weighted by atomic mass is 10.5. The zero-order valence-corrected chi connectivity index (χ0v) is 7.84. The van der Waals surface area contributed by atoms with Crippen molar-refractivity contribution in [2.24, 2.45) is 0 Å². The average molecular weight is 162 g/mol. The zero-order valence-electron chi connectivity index (χ0n) is 6.84. The predicted octanol–water partition coefficient (Wildman–Crippen LogP) is 2.63. The first-order valence-electron chi connectivity index (χ1n) is 3.59. The SMILES string of the molecule is C#CCC[Si](C=C)(C=C)C=C. The van der Waals surface area contributed by atoms with Crippen LogP contribution < -0.4 is 0 Å². The van der Waals surface area contributed by atoms with Gasteiger partial charge in [-0.3, -0.25) is 0 Å². The highest BCUT2D eigenvalue weighted by Gasteiger charge is 2.19. The highest BCUT2D eigenvalue weighted by atomic mass is 28.3. The molecule has 0 bridgehead atoms. The van der Waals surface area contributed by atoms with E-state index in [0.717, 1.165) is 12.5 Å². The van der Waals surface area contributed by atoms with Crippen LogP contribution in [-0.2, 0) is 0 Å². The molecular formula is C10H14Si. The molecule has 0 unspecified atom stereocenters. The van der Waals surface area contributed by atoms with Gasteiger partial charge in [0.1, 0.15) is 8.07 Å². The summed E-state index contributed by atoms with van der Waals surface area (Å²) in [6, 6.07) is 0.986. The lowest BCUT2D eigenvalue weighted by Crippen LogP contribution is -2.25. The summed E-state index contributed by atoms with van der Waals surface area (Å²) in [5, 5.41) is 0. The lowest BCUT2D eigenvalue weighted by Gasteiger charge is -2.17. The standard InChI is InChI=1S/C10H14Si/c1-5-9-10-11(6-2,7-3)8-4/h1,6-8H,2-4,9-10H2. The Balaban J connectivity index is 4.31. The molecule has 58 valence electrons. The van der Waals surface area contributed by atoms with Gasteiger partial charge >= 0.3 is 0 Å². The van der Waals surface area contributed by atoms with Gasteiger partial charge in [-0.2, -0.15) is 0 Å². The Kier molecular flexibility index (Phi) is 4.32. The monoisotopic (exact) mass is 162 g/mol. The minimum absolute atomic E-state index is 0.788. The molecule has 0 saturated heterocycles. The van der Waals surface area contributed by atoms with Crippen molar-refractivity contribution in [3.8, 4) is 12.3 Å². The Morgan fingerprint density at radius 1 is 1.18 bits per heavy atom. The summed E-state index contributed by atoms with van der Waals surface area (Å²) in [4.78, 5) is 0. The van der Waals surface area contributed by atoms with Crippen LogP contribution in [0.15, 0.2) is 36.8 Å². The maximum absolute atomic E-state index is 5.17. The fourth-order valence-corrected chi connectivity index (χ4v) is 2.53. The quantitative estimate of drug-likeness (QED) is 0.430. The van der Waals surface area contributed by atoms with E-state index in [-0.39, 0.29) is 0 Å². The van der Waals surface area contributed by atoms with Crippen LogP contribution in [0.3, 0.4) is 0 Å². The molecule has 0 rings (SSSR count). The molecule has 0 amide bonds. The molecule has 0 radical (unpaired) electrons. The third-order valence-electron chi connectivity index (χ3n) is 1.84. The molecule has 0 atom stereocenters. The first-order chi connectivity index (χ1) is 5.24. The lowest BCUT2D eigenvalue weighted by molar-refractivity contribution is 1.23. The third-order valence-corrected chi connectivity index (χ3v) is 5.24. The molecule has 0 aromatic rings. The van der Waals surface area contributed by atoms with E-state index in [4.69, 9.17) is 6.42 Å². The van der Waals surface area contributed by atoms with Crippen molar-refractivity contribution in [1.29, 1.82) is 0 Å². The molecule has 11 heavy (non-hydrogen) atoms. The first-order valence-corrected chi connectivity index (χ1v) is 6.03. The van der Waals surface area contributed by atoms with Crippen LogP contribution in [0.5, 0.6) is 0 Å². The van der Waals surface area contributed by atoms with Gasteiger partial charge < -0.3 is 0 Å². The van der Waals surface area contributed by atoms with E-state index in [0.29, 0.717) is 0 Å². The number of rotatable bonds is 5. The van der Waals surface area contributed by atoms with Gasteiger partial charge in [0.05, 0.1) is 0 Å². The van der Waals surface area contributed by atoms with Crippen LogP contribution >= 0.6 is 0 Å². The molecule has 1 heteroatoms. The van der Waals surface area contributed by atoms with E-state index in [2.05, 4.69) is 25.7 Å². The van der Waals surface area contributed by atoms with Gasteiger partial charge in [-0.15, -0.1) is 32.1 Å². The summed E-state index contributed by atoms with van der Waals surface area (Å²) in [7, 11) is -1.59. The Morgan fingerprint density at radius 2 is 1.64 bits per heavy atom. The number of hydrogen-bond donors (Lipinski definition) is 0. The molecule has 0 nitrogen and oxygen atoms in total. The largest absolute Gasteiger partial charge is 0.125 e. The molecule has 0 aromatic carbocycles. The summed E-state index contributed by atoms with van der Waals surface area (Å²) >= 11 is 0. The Labute approximate surface area is 70.3 Å². The van der Waals surface area contributed by atoms with Gasteiger partial charge in [-0.05, 0) is 6.04 Å². The summed E-state index contributed by atoms with van der Waals surface area (Å²) in [6.07, 6.45) is 5.96. The molecule has 0 aromatic heterocycles. The van der Waals surface area contributed by atoms with Crippen LogP contribution in [0.2, 0.25) is 6.04 Å². The average Bonchev–Trinajstić information content (AvgIpc) is 2.08. The predicted molar refractivity (Wildman–Crippen MR) is 54.6 cm³/mol. The Hall–Kier alpha value is -1.00. The van der Waals surface area contributed by atoms with Crippen molar-refractivity contribution in [2.75, 3.05) is 0 Å². The van der Waals surface area contributed by atoms with Gasteiger partial charge in [0.15, 0.2) is 0 Å². The molecule has 0 aliphatic carbocycles. The van der Waals surface area contributed by atoms with Crippen LogP contribution in [0.1, 0.15) is 6.42 Å². The van der Waals surface area contributed by atoms with Crippen molar-refractivity contribution < 1.29 is 0 Å². The molecule has 0 aliphatic heterocycles. The van der Waals surface area contributed by atoms with Gasteiger partial charge in [0.25, 0.3) is 0 Å². The first kappa shape index (κ1) is 10.00. The van der Waals surface area contributed by atoms with E-state index < -0.39 is 8.07 Å². The molecular weight excluding hydrogens is 148 g/mol. The molecule has 0 saturated carbocycles. The summed E-state index contributed by atoms with van der Waals surface area (Å²) < 4.78 is 0. The van der Waals surface area contributed by atoms with Crippen molar-refractivity contribution in [1.82, 2.24) is 0 Å². The second-order valence-electron chi connectivity index (χ2n) is 2.43. The smallest absolute Gasteiger partial charge is 0.120 e. The molecule has 0 N–H and O–H groups in total. The van der Waals surface area contributed by atoms with Crippen molar-refractivity contribution in [3.63, 3.8) is 0 Å². The normalized spacial score (nSPS) is 9.73. The summed E-state index contributed by atoms with van der Waals surface area (Å²) in [5.74, 6) is 2.62. The summed E-state index contributed by atoms with van der Waals surface area (Å²) in [5.41, 5.74) is 5.89. The van der Waals surface area contributed by atoms with Gasteiger partial charge in [0, 0.05) is 6.42 Å². The second-order valence-corrected chi connectivity index (χ2v) is 6.38. The van der Waals surface area contributed by atoms with Crippen LogP contribution in [-0.4, -0.2) is 8.07 Å². The number of hydrogen-bond acceptors (Lipinski definition) is 0. The van der Waals surface area contributed by atoms with Crippen LogP contribution in [0.25, 0.3) is 0 Å². The molecule has 0 aliphatic rings. The molecule has 0 heterocycles.